The Hall–Kier alpha value is -0.780. The Kier molecular flexibility index (Phi) is 5.44. The molecule has 0 radical (unpaired) electrons. The second kappa shape index (κ2) is 6.41. The van der Waals surface area contributed by atoms with Gasteiger partial charge in [-0.1, -0.05) is 6.07 Å². The number of hydrogen-bond donors (Lipinski definition) is 0. The smallest absolute Gasteiger partial charge is 0.265 e. The highest BCUT2D eigenvalue weighted by atomic mass is 35.7. The molecule has 0 amide bonds. The second-order valence-corrected chi connectivity index (χ2v) is 6.43. The fourth-order valence-electron chi connectivity index (χ4n) is 1.63. The largest absolute Gasteiger partial charge is 0.489 e. The van der Waals surface area contributed by atoms with Gasteiger partial charge in [-0.2, -0.15) is 0 Å². The summed E-state index contributed by atoms with van der Waals surface area (Å²) in [6.45, 7) is 6.77. The van der Waals surface area contributed by atoms with E-state index < -0.39 is 9.05 Å². The lowest BCUT2D eigenvalue weighted by Crippen LogP contribution is -2.09. The minimum atomic E-state index is -3.81. The quantitative estimate of drug-likeness (QED) is 0.597. The first-order valence-corrected chi connectivity index (χ1v) is 7.93. The van der Waals surface area contributed by atoms with Gasteiger partial charge in [-0.15, -0.1) is 0 Å². The molecular formula is C12H17ClO4S. The monoisotopic (exact) mass is 292 g/mol. The number of rotatable bonds is 6. The third-order valence-electron chi connectivity index (χ3n) is 2.33. The fraction of sp³-hybridized carbons (Fsp3) is 0.500. The van der Waals surface area contributed by atoms with Crippen molar-refractivity contribution < 1.29 is 17.9 Å². The van der Waals surface area contributed by atoms with Gasteiger partial charge in [-0.05, 0) is 38.0 Å². The average Bonchev–Trinajstić information content (AvgIpc) is 2.24. The third kappa shape index (κ3) is 4.15. The lowest BCUT2D eigenvalue weighted by Gasteiger charge is -2.13. The van der Waals surface area contributed by atoms with Crippen LogP contribution in [0, 0.1) is 13.8 Å². The number of halogens is 1. The normalized spacial score (nSPS) is 11.6. The number of benzene rings is 1. The summed E-state index contributed by atoms with van der Waals surface area (Å²) < 4.78 is 33.6. The van der Waals surface area contributed by atoms with Gasteiger partial charge in [0, 0.05) is 17.3 Å². The van der Waals surface area contributed by atoms with Crippen molar-refractivity contribution in [3.8, 4) is 5.75 Å². The van der Waals surface area contributed by atoms with E-state index in [1.165, 1.54) is 6.07 Å². The first-order valence-electron chi connectivity index (χ1n) is 5.62. The van der Waals surface area contributed by atoms with Crippen molar-refractivity contribution in [1.29, 1.82) is 0 Å². The lowest BCUT2D eigenvalue weighted by atomic mass is 10.1. The molecule has 0 atom stereocenters. The van der Waals surface area contributed by atoms with Crippen LogP contribution in [0.25, 0.3) is 0 Å². The van der Waals surface area contributed by atoms with Gasteiger partial charge in [0.2, 0.25) is 0 Å². The molecule has 6 heteroatoms. The van der Waals surface area contributed by atoms with Crippen LogP contribution in [0.4, 0.5) is 0 Å². The first-order chi connectivity index (χ1) is 8.36. The number of hydrogen-bond acceptors (Lipinski definition) is 4. The maximum absolute atomic E-state index is 11.5. The van der Waals surface area contributed by atoms with Gasteiger partial charge in [0.1, 0.15) is 17.3 Å². The molecule has 18 heavy (non-hydrogen) atoms. The predicted molar refractivity (Wildman–Crippen MR) is 70.9 cm³/mol. The molecule has 0 bridgehead atoms. The maximum atomic E-state index is 11.5. The van der Waals surface area contributed by atoms with E-state index in [-0.39, 0.29) is 11.5 Å². The summed E-state index contributed by atoms with van der Waals surface area (Å²) in [4.78, 5) is 0.0122. The third-order valence-corrected chi connectivity index (χ3v) is 3.65. The predicted octanol–water partition coefficient (Wildman–Crippen LogP) is 2.65. The van der Waals surface area contributed by atoms with E-state index in [9.17, 15) is 8.42 Å². The minimum Gasteiger partial charge on any atom is -0.489 e. The number of aryl methyl sites for hydroxylation is 2. The van der Waals surface area contributed by atoms with E-state index in [2.05, 4.69) is 0 Å². The van der Waals surface area contributed by atoms with Gasteiger partial charge in [0.25, 0.3) is 9.05 Å². The van der Waals surface area contributed by atoms with Crippen LogP contribution in [0.3, 0.4) is 0 Å². The summed E-state index contributed by atoms with van der Waals surface area (Å²) in [6, 6.07) is 3.35. The highest BCUT2D eigenvalue weighted by Crippen LogP contribution is 2.31. The Bertz CT molecular complexity index is 511. The molecule has 1 rings (SSSR count). The van der Waals surface area contributed by atoms with E-state index in [4.69, 9.17) is 20.2 Å². The molecule has 0 spiro atoms. The van der Waals surface area contributed by atoms with Crippen molar-refractivity contribution in [2.75, 3.05) is 19.8 Å². The molecule has 102 valence electrons. The molecule has 4 nitrogen and oxygen atoms in total. The van der Waals surface area contributed by atoms with Gasteiger partial charge in [0.15, 0.2) is 0 Å². The van der Waals surface area contributed by atoms with Gasteiger partial charge in [-0.3, -0.25) is 0 Å². The highest BCUT2D eigenvalue weighted by Gasteiger charge is 2.19. The summed E-state index contributed by atoms with van der Waals surface area (Å²) >= 11 is 0. The Morgan fingerprint density at radius 2 is 1.89 bits per heavy atom. The first kappa shape index (κ1) is 15.3. The van der Waals surface area contributed by atoms with Gasteiger partial charge >= 0.3 is 0 Å². The van der Waals surface area contributed by atoms with Crippen LogP contribution in [0.2, 0.25) is 0 Å². The van der Waals surface area contributed by atoms with Crippen molar-refractivity contribution in [2.24, 2.45) is 0 Å². The Morgan fingerprint density at radius 3 is 2.44 bits per heavy atom. The van der Waals surface area contributed by atoms with Crippen molar-refractivity contribution >= 4 is 19.7 Å². The molecule has 1 aromatic carbocycles. The van der Waals surface area contributed by atoms with Crippen LogP contribution in [0.15, 0.2) is 17.0 Å². The standard InChI is InChI=1S/C12H17ClO4S/c1-4-16-5-6-17-12-10(3)7-9(2)8-11(12)18(13,14)15/h7-8H,4-6H2,1-3H3. The van der Waals surface area contributed by atoms with E-state index in [0.717, 1.165) is 11.1 Å². The van der Waals surface area contributed by atoms with Crippen LogP contribution >= 0.6 is 10.7 Å². The molecule has 0 aliphatic rings. The van der Waals surface area contributed by atoms with E-state index >= 15 is 0 Å². The molecular weight excluding hydrogens is 276 g/mol. The topological polar surface area (TPSA) is 52.6 Å². The van der Waals surface area contributed by atoms with Crippen molar-refractivity contribution in [3.05, 3.63) is 23.3 Å². The molecule has 0 aliphatic heterocycles. The molecule has 0 N–H and O–H groups in total. The zero-order valence-corrected chi connectivity index (χ0v) is 12.3. The zero-order chi connectivity index (χ0) is 13.8. The molecule has 0 aliphatic carbocycles. The molecule has 1 aromatic rings. The van der Waals surface area contributed by atoms with Crippen LogP contribution in [0.1, 0.15) is 18.1 Å². The lowest BCUT2D eigenvalue weighted by molar-refractivity contribution is 0.109. The summed E-state index contributed by atoms with van der Waals surface area (Å²) in [5.41, 5.74) is 1.56. The molecule has 0 aromatic heterocycles. The Balaban J connectivity index is 3.02. The molecule has 0 saturated carbocycles. The zero-order valence-electron chi connectivity index (χ0n) is 10.7. The molecule has 0 unspecified atom stereocenters. The summed E-state index contributed by atoms with van der Waals surface area (Å²) in [7, 11) is 1.59. The molecule has 0 heterocycles. The Morgan fingerprint density at radius 1 is 1.22 bits per heavy atom. The molecule has 0 fully saturated rings. The van der Waals surface area contributed by atoms with Gasteiger partial charge in [0.05, 0.1) is 6.61 Å². The second-order valence-electron chi connectivity index (χ2n) is 3.89. The molecule has 0 saturated heterocycles. The van der Waals surface area contributed by atoms with Gasteiger partial charge < -0.3 is 9.47 Å². The van der Waals surface area contributed by atoms with E-state index in [0.29, 0.717) is 19.0 Å². The maximum Gasteiger partial charge on any atom is 0.265 e. The highest BCUT2D eigenvalue weighted by molar-refractivity contribution is 8.13. The minimum absolute atomic E-state index is 0.0122. The Labute approximate surface area is 112 Å². The SMILES string of the molecule is CCOCCOc1c(C)cc(C)cc1S(=O)(=O)Cl. The van der Waals surface area contributed by atoms with Crippen molar-refractivity contribution in [1.82, 2.24) is 0 Å². The van der Waals surface area contributed by atoms with Crippen LogP contribution in [0.5, 0.6) is 5.75 Å². The van der Waals surface area contributed by atoms with Gasteiger partial charge in [-0.25, -0.2) is 8.42 Å². The van der Waals surface area contributed by atoms with Crippen LogP contribution in [-0.2, 0) is 13.8 Å². The summed E-state index contributed by atoms with van der Waals surface area (Å²) in [6.07, 6.45) is 0. The summed E-state index contributed by atoms with van der Waals surface area (Å²) in [5, 5.41) is 0. The van der Waals surface area contributed by atoms with Crippen molar-refractivity contribution in [3.63, 3.8) is 0 Å². The van der Waals surface area contributed by atoms with E-state index in [1.54, 1.807) is 6.92 Å². The van der Waals surface area contributed by atoms with E-state index in [1.807, 2.05) is 19.9 Å². The van der Waals surface area contributed by atoms with Crippen LogP contribution in [-0.4, -0.2) is 28.2 Å². The fourth-order valence-corrected chi connectivity index (χ4v) is 2.74. The van der Waals surface area contributed by atoms with Crippen LogP contribution < -0.4 is 4.74 Å². The van der Waals surface area contributed by atoms with Crippen molar-refractivity contribution in [2.45, 2.75) is 25.7 Å². The number of ether oxygens (including phenoxy) is 2. The average molecular weight is 293 g/mol. The summed E-state index contributed by atoms with van der Waals surface area (Å²) in [5.74, 6) is 0.301.